The average Bonchev–Trinajstić information content (AvgIpc) is 2.98. The lowest BCUT2D eigenvalue weighted by molar-refractivity contribution is -0.130. The maximum atomic E-state index is 12.2. The molecule has 0 aromatic rings. The fourth-order valence-electron chi connectivity index (χ4n) is 2.91. The Hall–Kier alpha value is -0.570. The zero-order chi connectivity index (χ0) is 11.7. The fourth-order valence-corrected chi connectivity index (χ4v) is 2.91. The van der Waals surface area contributed by atoms with E-state index in [9.17, 15) is 4.79 Å². The molecule has 1 N–H and O–H groups in total. The maximum absolute atomic E-state index is 12.2. The first-order chi connectivity index (χ1) is 7.72. The van der Waals surface area contributed by atoms with Gasteiger partial charge in [-0.1, -0.05) is 33.6 Å². The molecule has 0 spiro atoms. The summed E-state index contributed by atoms with van der Waals surface area (Å²) in [7, 11) is 0. The van der Waals surface area contributed by atoms with E-state index in [4.69, 9.17) is 0 Å². The van der Waals surface area contributed by atoms with Crippen molar-refractivity contribution in [3.05, 3.63) is 0 Å². The van der Waals surface area contributed by atoms with Crippen molar-refractivity contribution in [3.8, 4) is 0 Å². The van der Waals surface area contributed by atoms with Crippen molar-refractivity contribution >= 4 is 5.91 Å². The van der Waals surface area contributed by atoms with Crippen LogP contribution in [0.5, 0.6) is 0 Å². The van der Waals surface area contributed by atoms with Gasteiger partial charge in [-0.05, 0) is 25.2 Å². The zero-order valence-corrected chi connectivity index (χ0v) is 10.7. The molecule has 4 atom stereocenters. The zero-order valence-electron chi connectivity index (χ0n) is 10.7. The number of carbonyl (C=O) groups is 1. The molecule has 3 heteroatoms. The lowest BCUT2D eigenvalue weighted by atomic mass is 10.2. The van der Waals surface area contributed by atoms with E-state index in [0.29, 0.717) is 18.1 Å². The molecule has 92 valence electrons. The Kier molecular flexibility index (Phi) is 3.53. The fraction of sp³-hybridized carbons (Fsp3) is 0.923. The largest absolute Gasteiger partial charge is 0.323 e. The second-order valence-corrected chi connectivity index (χ2v) is 5.15. The van der Waals surface area contributed by atoms with Gasteiger partial charge in [0.05, 0.1) is 12.2 Å². The van der Waals surface area contributed by atoms with Crippen LogP contribution in [0.15, 0.2) is 0 Å². The lowest BCUT2D eigenvalue weighted by Crippen LogP contribution is -2.39. The summed E-state index contributed by atoms with van der Waals surface area (Å²) in [6.07, 6.45) is 5.89. The van der Waals surface area contributed by atoms with Crippen LogP contribution in [-0.4, -0.2) is 29.1 Å². The Morgan fingerprint density at radius 2 is 2.06 bits per heavy atom. The standard InChI is InChI=1S/C13H24N2O/c1-4-7-12-14-10(6-3)13(16)15(12)11-8-9(11)5-2/h9-12,14H,4-8H2,1-3H3. The number of amides is 1. The van der Waals surface area contributed by atoms with Crippen molar-refractivity contribution in [2.45, 2.75) is 71.1 Å². The minimum atomic E-state index is 0.0784. The van der Waals surface area contributed by atoms with Crippen LogP contribution in [0.25, 0.3) is 0 Å². The van der Waals surface area contributed by atoms with E-state index in [2.05, 4.69) is 31.0 Å². The first-order valence-electron chi connectivity index (χ1n) is 6.81. The van der Waals surface area contributed by atoms with Crippen LogP contribution in [0, 0.1) is 5.92 Å². The van der Waals surface area contributed by atoms with Crippen molar-refractivity contribution < 1.29 is 4.79 Å². The van der Waals surface area contributed by atoms with Crippen LogP contribution in [0.4, 0.5) is 0 Å². The summed E-state index contributed by atoms with van der Waals surface area (Å²) >= 11 is 0. The molecule has 1 saturated heterocycles. The number of hydrogen-bond acceptors (Lipinski definition) is 2. The molecule has 1 aliphatic heterocycles. The molecule has 0 aromatic carbocycles. The van der Waals surface area contributed by atoms with Crippen LogP contribution >= 0.6 is 0 Å². The van der Waals surface area contributed by atoms with Gasteiger partial charge in [-0.3, -0.25) is 10.1 Å². The molecule has 1 amide bonds. The van der Waals surface area contributed by atoms with Gasteiger partial charge in [0.25, 0.3) is 0 Å². The third-order valence-electron chi connectivity index (χ3n) is 4.02. The number of hydrogen-bond donors (Lipinski definition) is 1. The number of rotatable bonds is 5. The quantitative estimate of drug-likeness (QED) is 0.776. The number of nitrogens with zero attached hydrogens (tertiary/aromatic N) is 1. The van der Waals surface area contributed by atoms with E-state index < -0.39 is 0 Å². The van der Waals surface area contributed by atoms with Crippen molar-refractivity contribution in [1.29, 1.82) is 0 Å². The third-order valence-corrected chi connectivity index (χ3v) is 4.02. The minimum absolute atomic E-state index is 0.0784. The molecule has 0 bridgehead atoms. The molecule has 16 heavy (non-hydrogen) atoms. The van der Waals surface area contributed by atoms with Crippen molar-refractivity contribution in [2.75, 3.05) is 0 Å². The summed E-state index contributed by atoms with van der Waals surface area (Å²) in [5.74, 6) is 1.11. The summed E-state index contributed by atoms with van der Waals surface area (Å²) in [6.45, 7) is 6.50. The van der Waals surface area contributed by atoms with E-state index in [0.717, 1.165) is 25.2 Å². The van der Waals surface area contributed by atoms with Crippen LogP contribution in [0.1, 0.15) is 52.9 Å². The second kappa shape index (κ2) is 4.74. The van der Waals surface area contributed by atoms with Gasteiger partial charge in [-0.2, -0.15) is 0 Å². The van der Waals surface area contributed by atoms with E-state index in [1.807, 2.05) is 0 Å². The molecule has 1 saturated carbocycles. The molecule has 1 heterocycles. The molecule has 1 aliphatic carbocycles. The van der Waals surface area contributed by atoms with Crippen LogP contribution in [0.3, 0.4) is 0 Å². The molecular formula is C13H24N2O. The smallest absolute Gasteiger partial charge is 0.241 e. The average molecular weight is 224 g/mol. The Labute approximate surface area is 98.6 Å². The Balaban J connectivity index is 2.04. The lowest BCUT2D eigenvalue weighted by Gasteiger charge is -2.24. The summed E-state index contributed by atoms with van der Waals surface area (Å²) in [6, 6.07) is 0.618. The van der Waals surface area contributed by atoms with Gasteiger partial charge in [0.15, 0.2) is 0 Å². The van der Waals surface area contributed by atoms with Crippen molar-refractivity contribution in [2.24, 2.45) is 5.92 Å². The Morgan fingerprint density at radius 1 is 1.31 bits per heavy atom. The summed E-state index contributed by atoms with van der Waals surface area (Å²) < 4.78 is 0. The molecule has 4 unspecified atom stereocenters. The molecule has 0 aromatic heterocycles. The highest BCUT2D eigenvalue weighted by molar-refractivity contribution is 5.85. The molecule has 2 fully saturated rings. The van der Waals surface area contributed by atoms with Gasteiger partial charge in [0.1, 0.15) is 0 Å². The van der Waals surface area contributed by atoms with E-state index in [-0.39, 0.29) is 6.04 Å². The third kappa shape index (κ3) is 1.97. The highest BCUT2D eigenvalue weighted by atomic mass is 16.2. The molecular weight excluding hydrogens is 200 g/mol. The van der Waals surface area contributed by atoms with Crippen molar-refractivity contribution in [1.82, 2.24) is 10.2 Å². The summed E-state index contributed by atoms with van der Waals surface area (Å²) in [5, 5.41) is 3.48. The monoisotopic (exact) mass is 224 g/mol. The van der Waals surface area contributed by atoms with Gasteiger partial charge >= 0.3 is 0 Å². The van der Waals surface area contributed by atoms with Crippen LogP contribution in [-0.2, 0) is 4.79 Å². The second-order valence-electron chi connectivity index (χ2n) is 5.15. The summed E-state index contributed by atoms with van der Waals surface area (Å²) in [4.78, 5) is 14.4. The Morgan fingerprint density at radius 3 is 2.56 bits per heavy atom. The highest BCUT2D eigenvalue weighted by Gasteiger charge is 2.49. The topological polar surface area (TPSA) is 32.3 Å². The number of carbonyl (C=O) groups excluding carboxylic acids is 1. The SMILES string of the molecule is CCCC1NC(CC)C(=O)N1C1CC1CC. The first kappa shape index (κ1) is 11.9. The van der Waals surface area contributed by atoms with Gasteiger partial charge in [-0.15, -0.1) is 0 Å². The first-order valence-corrected chi connectivity index (χ1v) is 6.81. The maximum Gasteiger partial charge on any atom is 0.241 e. The van der Waals surface area contributed by atoms with Crippen molar-refractivity contribution in [3.63, 3.8) is 0 Å². The normalized spacial score (nSPS) is 38.2. The molecule has 2 aliphatic rings. The van der Waals surface area contributed by atoms with Gasteiger partial charge in [-0.25, -0.2) is 0 Å². The van der Waals surface area contributed by atoms with Crippen LogP contribution < -0.4 is 5.32 Å². The van der Waals surface area contributed by atoms with Gasteiger partial charge < -0.3 is 4.90 Å². The molecule has 0 radical (unpaired) electrons. The predicted molar refractivity (Wildman–Crippen MR) is 64.9 cm³/mol. The molecule has 2 rings (SSSR count). The predicted octanol–water partition coefficient (Wildman–Crippen LogP) is 2.12. The van der Waals surface area contributed by atoms with Crippen LogP contribution in [0.2, 0.25) is 0 Å². The van der Waals surface area contributed by atoms with E-state index >= 15 is 0 Å². The minimum Gasteiger partial charge on any atom is -0.323 e. The van der Waals surface area contributed by atoms with Gasteiger partial charge in [0.2, 0.25) is 5.91 Å². The Bertz CT molecular complexity index is 267. The van der Waals surface area contributed by atoms with E-state index in [1.54, 1.807) is 0 Å². The molecule has 3 nitrogen and oxygen atoms in total. The van der Waals surface area contributed by atoms with Gasteiger partial charge in [0, 0.05) is 6.04 Å². The summed E-state index contributed by atoms with van der Waals surface area (Å²) in [5.41, 5.74) is 0. The van der Waals surface area contributed by atoms with E-state index in [1.165, 1.54) is 12.8 Å². The highest BCUT2D eigenvalue weighted by Crippen LogP contribution is 2.41. The number of nitrogens with one attached hydrogen (secondary N) is 1.